The fourth-order valence-corrected chi connectivity index (χ4v) is 3.01. The zero-order valence-corrected chi connectivity index (χ0v) is 20.8. The van der Waals surface area contributed by atoms with Crippen LogP contribution in [0.25, 0.3) is 0 Å². The third-order valence-corrected chi connectivity index (χ3v) is 4.51. The Morgan fingerprint density at radius 2 is 1.71 bits per heavy atom. The number of para-hydroxylation sites is 2. The van der Waals surface area contributed by atoms with Crippen molar-refractivity contribution in [2.24, 2.45) is 0 Å². The number of aromatic hydroxyl groups is 1. The molecule has 1 aliphatic rings. The molecule has 0 radical (unpaired) electrons. The van der Waals surface area contributed by atoms with Crippen molar-refractivity contribution in [1.29, 1.82) is 0 Å². The van der Waals surface area contributed by atoms with E-state index in [0.717, 1.165) is 22.5 Å². The number of hydrogen-bond acceptors (Lipinski definition) is 5. The summed E-state index contributed by atoms with van der Waals surface area (Å²) in [5, 5.41) is 15.3. The largest absolute Gasteiger partial charge is 0.505 e. The van der Waals surface area contributed by atoms with Crippen LogP contribution in [0.4, 0.5) is 17.1 Å². The molecule has 2 aromatic rings. The van der Waals surface area contributed by atoms with Crippen molar-refractivity contribution < 1.29 is 9.90 Å². The van der Waals surface area contributed by atoms with Crippen molar-refractivity contribution >= 4 is 60.2 Å². The van der Waals surface area contributed by atoms with Gasteiger partial charge in [0.2, 0.25) is 5.91 Å². The Balaban J connectivity index is 0.00000136. The minimum Gasteiger partial charge on any atom is -0.505 e. The molecule has 0 fully saturated rings. The molecular weight excluding hydrogens is 582 g/mol. The van der Waals surface area contributed by atoms with Crippen molar-refractivity contribution in [3.05, 3.63) is 47.5 Å². The van der Waals surface area contributed by atoms with Gasteiger partial charge in [0.25, 0.3) is 0 Å². The Morgan fingerprint density at radius 1 is 1.14 bits per heavy atom. The highest BCUT2D eigenvalue weighted by molar-refractivity contribution is 15.0. The summed E-state index contributed by atoms with van der Waals surface area (Å²) in [5.74, 6) is 0.232. The summed E-state index contributed by atoms with van der Waals surface area (Å²) >= 11 is 4.24. The van der Waals surface area contributed by atoms with E-state index in [1.165, 1.54) is 0 Å². The lowest BCUT2D eigenvalue weighted by atomic mass is 9.84. The summed E-state index contributed by atoms with van der Waals surface area (Å²) in [6, 6.07) is 11.8. The minimum absolute atomic E-state index is 0.00163. The molecule has 1 aliphatic heterocycles. The summed E-state index contributed by atoms with van der Waals surface area (Å²) in [6.07, 6.45) is 1.02. The first kappa shape index (κ1) is 22.9. The zero-order valence-electron chi connectivity index (χ0n) is 16.4. The number of anilines is 3. The number of benzene rings is 2. The van der Waals surface area contributed by atoms with Crippen LogP contribution in [-0.4, -0.2) is 18.1 Å². The van der Waals surface area contributed by atoms with Gasteiger partial charge in [0.15, 0.2) is 0 Å². The predicted octanol–water partition coefficient (Wildman–Crippen LogP) is 5.31. The SMILES string of the molecule is CNC(=O)CCc1cc(N2Nc3ccccc3N2)c(O)c(C(C)(C)C)c1.II. The number of nitrogens with zero attached hydrogens (tertiary/aromatic N) is 1. The number of halogens is 2. The van der Waals surface area contributed by atoms with E-state index >= 15 is 0 Å². The highest BCUT2D eigenvalue weighted by Crippen LogP contribution is 2.41. The molecule has 0 saturated heterocycles. The van der Waals surface area contributed by atoms with Crippen molar-refractivity contribution in [1.82, 2.24) is 5.32 Å². The van der Waals surface area contributed by atoms with Gasteiger partial charge in [-0.15, -0.1) is 0 Å². The Labute approximate surface area is 189 Å². The first-order chi connectivity index (χ1) is 13.3. The van der Waals surface area contributed by atoms with Crippen LogP contribution in [0.15, 0.2) is 36.4 Å². The molecule has 28 heavy (non-hydrogen) atoms. The van der Waals surface area contributed by atoms with Crippen LogP contribution < -0.4 is 21.3 Å². The monoisotopic (exact) mass is 608 g/mol. The van der Waals surface area contributed by atoms with Gasteiger partial charge in [0.05, 0.1) is 11.4 Å². The number of nitrogens with one attached hydrogen (secondary N) is 3. The molecule has 8 heteroatoms. The number of rotatable bonds is 4. The number of fused-ring (bicyclic) bond motifs is 1. The van der Waals surface area contributed by atoms with E-state index in [0.29, 0.717) is 18.5 Å². The second kappa shape index (κ2) is 9.86. The lowest BCUT2D eigenvalue weighted by Crippen LogP contribution is -2.30. The smallest absolute Gasteiger partial charge is 0.220 e. The molecule has 152 valence electrons. The van der Waals surface area contributed by atoms with Crippen molar-refractivity contribution in [2.45, 2.75) is 39.0 Å². The maximum atomic E-state index is 11.6. The topological polar surface area (TPSA) is 76.6 Å². The Kier molecular flexibility index (Phi) is 8.05. The summed E-state index contributed by atoms with van der Waals surface area (Å²) < 4.78 is 0. The van der Waals surface area contributed by atoms with Crippen molar-refractivity contribution in [2.75, 3.05) is 23.0 Å². The predicted molar refractivity (Wildman–Crippen MR) is 133 cm³/mol. The molecule has 1 amide bonds. The summed E-state index contributed by atoms with van der Waals surface area (Å²) in [6.45, 7) is 6.19. The number of amides is 1. The van der Waals surface area contributed by atoms with E-state index < -0.39 is 0 Å². The van der Waals surface area contributed by atoms with Crippen LogP contribution in [0, 0.1) is 0 Å². The lowest BCUT2D eigenvalue weighted by molar-refractivity contribution is -0.120. The van der Waals surface area contributed by atoms with Gasteiger partial charge in [-0.1, -0.05) is 39.0 Å². The first-order valence-corrected chi connectivity index (χ1v) is 15.2. The van der Waals surface area contributed by atoms with Gasteiger partial charge in [-0.05, 0) is 35.6 Å². The quantitative estimate of drug-likeness (QED) is 0.354. The maximum absolute atomic E-state index is 11.6. The van der Waals surface area contributed by atoms with E-state index in [-0.39, 0.29) is 17.1 Å². The molecule has 1 heterocycles. The molecule has 0 saturated carbocycles. The average Bonchev–Trinajstić information content (AvgIpc) is 3.11. The zero-order chi connectivity index (χ0) is 20.9. The van der Waals surface area contributed by atoms with E-state index in [4.69, 9.17) is 0 Å². The molecule has 2 aromatic carbocycles. The highest BCUT2D eigenvalue weighted by atomic mass is 128. The number of phenolic OH excluding ortho intramolecular Hbond substituents is 1. The molecule has 0 aromatic heterocycles. The molecule has 0 atom stereocenters. The van der Waals surface area contributed by atoms with E-state index in [1.807, 2.05) is 36.4 Å². The fraction of sp³-hybridized carbons (Fsp3) is 0.350. The van der Waals surface area contributed by atoms with E-state index in [2.05, 4.69) is 74.2 Å². The Hall–Kier alpha value is -1.43. The normalized spacial score (nSPS) is 12.3. The van der Waals surface area contributed by atoms with Crippen LogP contribution >= 0.6 is 37.2 Å². The number of hydrogen-bond donors (Lipinski definition) is 4. The van der Waals surface area contributed by atoms with Crippen LogP contribution in [-0.2, 0) is 16.6 Å². The standard InChI is InChI=1S/C20H26N4O2.I2/c1-20(2,3)14-11-13(9-10-18(25)21-4)12-17(19(14)26)24-22-15-7-5-6-8-16(15)23-24;1-2/h5-8,11-12,22-23,26H,9-10H2,1-4H3,(H,21,25);. The van der Waals surface area contributed by atoms with Crippen molar-refractivity contribution in [3.8, 4) is 5.75 Å². The number of aryl methyl sites for hydroxylation is 1. The van der Waals surface area contributed by atoms with Crippen LogP contribution in [0.2, 0.25) is 0 Å². The number of phenols is 1. The molecule has 6 nitrogen and oxygen atoms in total. The van der Waals surface area contributed by atoms with Gasteiger partial charge >= 0.3 is 0 Å². The van der Waals surface area contributed by atoms with Gasteiger partial charge < -0.3 is 10.4 Å². The van der Waals surface area contributed by atoms with Crippen LogP contribution in [0.3, 0.4) is 0 Å². The molecule has 0 unspecified atom stereocenters. The minimum atomic E-state index is -0.228. The number of hydrazine groups is 2. The van der Waals surface area contributed by atoms with Crippen LogP contribution in [0.5, 0.6) is 5.75 Å². The van der Waals surface area contributed by atoms with Gasteiger partial charge in [0.1, 0.15) is 11.4 Å². The van der Waals surface area contributed by atoms with Gasteiger partial charge in [-0.25, -0.2) is 0 Å². The number of carbonyl (C=O) groups excluding carboxylic acids is 1. The molecule has 3 rings (SSSR count). The Morgan fingerprint density at radius 3 is 2.21 bits per heavy atom. The molecule has 4 N–H and O–H groups in total. The fourth-order valence-electron chi connectivity index (χ4n) is 3.01. The lowest BCUT2D eigenvalue weighted by Gasteiger charge is -2.27. The number of carbonyl (C=O) groups is 1. The first-order valence-electron chi connectivity index (χ1n) is 8.93. The second-order valence-corrected chi connectivity index (χ2v) is 7.54. The molecule has 0 bridgehead atoms. The Bertz CT molecular complexity index is 812. The summed E-state index contributed by atoms with van der Waals surface area (Å²) in [4.78, 5) is 11.6. The van der Waals surface area contributed by atoms with Gasteiger partial charge in [-0.3, -0.25) is 15.6 Å². The van der Waals surface area contributed by atoms with Gasteiger partial charge in [0, 0.05) is 56.3 Å². The third-order valence-electron chi connectivity index (χ3n) is 4.51. The van der Waals surface area contributed by atoms with Crippen molar-refractivity contribution in [3.63, 3.8) is 0 Å². The summed E-state index contributed by atoms with van der Waals surface area (Å²) in [7, 11) is 1.64. The maximum Gasteiger partial charge on any atom is 0.220 e. The molecular formula is C20H26I2N4O2. The average molecular weight is 608 g/mol. The summed E-state index contributed by atoms with van der Waals surface area (Å²) in [5.41, 5.74) is 10.7. The van der Waals surface area contributed by atoms with Crippen LogP contribution in [0.1, 0.15) is 38.3 Å². The van der Waals surface area contributed by atoms with E-state index in [9.17, 15) is 9.90 Å². The molecule has 0 spiro atoms. The van der Waals surface area contributed by atoms with Gasteiger partial charge in [-0.2, -0.15) is 5.12 Å². The highest BCUT2D eigenvalue weighted by Gasteiger charge is 2.26. The van der Waals surface area contributed by atoms with E-state index in [1.54, 1.807) is 12.2 Å². The molecule has 0 aliphatic carbocycles. The third kappa shape index (κ3) is 5.34. The second-order valence-electron chi connectivity index (χ2n) is 7.54.